The molecule has 3 rings (SSSR count). The highest BCUT2D eigenvalue weighted by Crippen LogP contribution is 2.18. The van der Waals surface area contributed by atoms with Gasteiger partial charge in [-0.1, -0.05) is 6.07 Å². The minimum absolute atomic E-state index is 0.00613. The number of hydrogen-bond acceptors (Lipinski definition) is 4. The smallest absolute Gasteiger partial charge is 0.258 e. The molecule has 1 saturated heterocycles. The van der Waals surface area contributed by atoms with Crippen molar-refractivity contribution in [2.75, 3.05) is 26.3 Å². The van der Waals surface area contributed by atoms with Crippen LogP contribution in [0.3, 0.4) is 0 Å². The van der Waals surface area contributed by atoms with E-state index >= 15 is 0 Å². The Hall–Kier alpha value is -3.02. The van der Waals surface area contributed by atoms with Gasteiger partial charge in [0.05, 0.1) is 6.61 Å². The van der Waals surface area contributed by atoms with Crippen LogP contribution in [0.25, 0.3) is 0 Å². The van der Waals surface area contributed by atoms with Crippen LogP contribution in [0, 0.1) is 13.8 Å². The second kappa shape index (κ2) is 10.1. The Kier molecular flexibility index (Phi) is 7.33. The van der Waals surface area contributed by atoms with Gasteiger partial charge in [0.1, 0.15) is 11.5 Å². The summed E-state index contributed by atoms with van der Waals surface area (Å²) in [5, 5.41) is 3.02. The van der Waals surface area contributed by atoms with Crippen LogP contribution < -0.4 is 14.8 Å². The Morgan fingerprint density at radius 2 is 1.63 bits per heavy atom. The van der Waals surface area contributed by atoms with Crippen molar-refractivity contribution in [1.82, 2.24) is 10.2 Å². The van der Waals surface area contributed by atoms with E-state index in [0.29, 0.717) is 31.0 Å². The second-order valence-corrected chi connectivity index (χ2v) is 7.63. The number of carbonyl (C=O) groups excluding carboxylic acids is 2. The molecular weight excluding hydrogens is 380 g/mol. The molecule has 0 aliphatic carbocycles. The van der Waals surface area contributed by atoms with Gasteiger partial charge < -0.3 is 19.7 Å². The van der Waals surface area contributed by atoms with E-state index in [2.05, 4.69) is 5.32 Å². The van der Waals surface area contributed by atoms with Crippen molar-refractivity contribution in [3.63, 3.8) is 0 Å². The molecule has 6 nitrogen and oxygen atoms in total. The monoisotopic (exact) mass is 410 g/mol. The van der Waals surface area contributed by atoms with Gasteiger partial charge in [-0.25, -0.2) is 0 Å². The van der Waals surface area contributed by atoms with E-state index in [-0.39, 0.29) is 24.5 Å². The molecule has 1 aliphatic heterocycles. The highest BCUT2D eigenvalue weighted by Gasteiger charge is 2.24. The summed E-state index contributed by atoms with van der Waals surface area (Å²) in [6, 6.07) is 13.1. The van der Waals surface area contributed by atoms with E-state index in [1.54, 1.807) is 12.1 Å². The average molecular weight is 411 g/mol. The van der Waals surface area contributed by atoms with E-state index in [9.17, 15) is 9.59 Å². The molecule has 2 amide bonds. The summed E-state index contributed by atoms with van der Waals surface area (Å²) < 4.78 is 11.0. The second-order valence-electron chi connectivity index (χ2n) is 7.63. The normalized spacial score (nSPS) is 14.3. The highest BCUT2D eigenvalue weighted by molar-refractivity contribution is 5.94. The van der Waals surface area contributed by atoms with Crippen LogP contribution in [0.5, 0.6) is 11.5 Å². The molecule has 1 N–H and O–H groups in total. The minimum atomic E-state index is -0.135. The zero-order chi connectivity index (χ0) is 21.5. The minimum Gasteiger partial charge on any atom is -0.494 e. The zero-order valence-electron chi connectivity index (χ0n) is 17.9. The lowest BCUT2D eigenvalue weighted by molar-refractivity contribution is -0.124. The van der Waals surface area contributed by atoms with Gasteiger partial charge in [0.25, 0.3) is 11.8 Å². The summed E-state index contributed by atoms with van der Waals surface area (Å²) in [6.07, 6.45) is 1.47. The van der Waals surface area contributed by atoms with Gasteiger partial charge >= 0.3 is 0 Å². The fourth-order valence-electron chi connectivity index (χ4n) is 3.49. The number of amides is 2. The summed E-state index contributed by atoms with van der Waals surface area (Å²) >= 11 is 0. The van der Waals surface area contributed by atoms with Crippen molar-refractivity contribution in [2.24, 2.45) is 0 Å². The van der Waals surface area contributed by atoms with Crippen LogP contribution in [0.15, 0.2) is 42.5 Å². The summed E-state index contributed by atoms with van der Waals surface area (Å²) in [4.78, 5) is 26.8. The lowest BCUT2D eigenvalue weighted by atomic mass is 10.0. The van der Waals surface area contributed by atoms with E-state index in [1.807, 2.05) is 56.0 Å². The van der Waals surface area contributed by atoms with E-state index in [0.717, 1.165) is 24.2 Å². The van der Waals surface area contributed by atoms with E-state index in [1.165, 1.54) is 5.56 Å². The van der Waals surface area contributed by atoms with Gasteiger partial charge in [0.15, 0.2) is 6.61 Å². The molecule has 0 saturated carbocycles. The van der Waals surface area contributed by atoms with Crippen molar-refractivity contribution in [3.05, 3.63) is 59.2 Å². The van der Waals surface area contributed by atoms with Gasteiger partial charge in [0.2, 0.25) is 0 Å². The highest BCUT2D eigenvalue weighted by atomic mass is 16.5. The molecule has 0 aromatic heterocycles. The maximum Gasteiger partial charge on any atom is 0.258 e. The fraction of sp³-hybridized carbons (Fsp3) is 0.417. The average Bonchev–Trinajstić information content (AvgIpc) is 2.75. The maximum atomic E-state index is 12.7. The lowest BCUT2D eigenvalue weighted by Gasteiger charge is -2.32. The number of carbonyl (C=O) groups is 2. The number of piperidine rings is 1. The Bertz CT molecular complexity index is 871. The molecule has 1 fully saturated rings. The molecule has 0 unspecified atom stereocenters. The molecule has 0 bridgehead atoms. The molecule has 0 atom stereocenters. The molecule has 160 valence electrons. The number of nitrogens with zero attached hydrogens (tertiary/aromatic N) is 1. The Balaban J connectivity index is 1.42. The third kappa shape index (κ3) is 5.75. The zero-order valence-corrected chi connectivity index (χ0v) is 17.9. The molecule has 1 aliphatic rings. The molecule has 30 heavy (non-hydrogen) atoms. The number of aryl methyl sites for hydroxylation is 2. The Morgan fingerprint density at radius 3 is 2.27 bits per heavy atom. The lowest BCUT2D eigenvalue weighted by Crippen LogP contribution is -2.47. The largest absolute Gasteiger partial charge is 0.494 e. The van der Waals surface area contributed by atoms with Crippen LogP contribution in [-0.2, 0) is 4.79 Å². The summed E-state index contributed by atoms with van der Waals surface area (Å²) in [5.41, 5.74) is 2.98. The summed E-state index contributed by atoms with van der Waals surface area (Å²) in [7, 11) is 0. The van der Waals surface area contributed by atoms with Crippen molar-refractivity contribution in [1.29, 1.82) is 0 Å². The maximum absolute atomic E-state index is 12.7. The number of ether oxygens (including phenoxy) is 2. The van der Waals surface area contributed by atoms with Gasteiger partial charge in [-0.2, -0.15) is 0 Å². The molecule has 2 aromatic rings. The Labute approximate surface area is 178 Å². The molecule has 0 spiro atoms. The molecule has 2 aromatic carbocycles. The predicted octanol–water partition coefficient (Wildman–Crippen LogP) is 3.50. The first-order chi connectivity index (χ1) is 14.5. The quantitative estimate of drug-likeness (QED) is 0.759. The third-order valence-electron chi connectivity index (χ3n) is 5.41. The van der Waals surface area contributed by atoms with Crippen molar-refractivity contribution in [3.8, 4) is 11.5 Å². The van der Waals surface area contributed by atoms with Crippen LogP contribution in [-0.4, -0.2) is 49.1 Å². The SMILES string of the molecule is CCOc1ccc(C(=O)N2CCC(NC(=O)COc3ccc(C)c(C)c3)CC2)cc1. The third-order valence-corrected chi connectivity index (χ3v) is 5.41. The molecule has 0 radical (unpaired) electrons. The first kappa shape index (κ1) is 21.7. The topological polar surface area (TPSA) is 67.9 Å². The van der Waals surface area contributed by atoms with Gasteiger partial charge in [-0.15, -0.1) is 0 Å². The van der Waals surface area contributed by atoms with Crippen LogP contribution in [0.4, 0.5) is 0 Å². The molecular formula is C24H30N2O4. The number of rotatable bonds is 7. The number of hydrogen-bond donors (Lipinski definition) is 1. The van der Waals surface area contributed by atoms with Gasteiger partial charge in [0, 0.05) is 24.7 Å². The van der Waals surface area contributed by atoms with Gasteiger partial charge in [-0.3, -0.25) is 9.59 Å². The molecule has 1 heterocycles. The van der Waals surface area contributed by atoms with E-state index < -0.39 is 0 Å². The van der Waals surface area contributed by atoms with Crippen molar-refractivity contribution < 1.29 is 19.1 Å². The predicted molar refractivity (Wildman–Crippen MR) is 116 cm³/mol. The van der Waals surface area contributed by atoms with Crippen LogP contribution in [0.2, 0.25) is 0 Å². The standard InChI is InChI=1S/C24H30N2O4/c1-4-29-21-9-6-19(7-10-21)24(28)26-13-11-20(12-14-26)25-23(27)16-30-22-8-5-17(2)18(3)15-22/h5-10,15,20H,4,11-14,16H2,1-3H3,(H,25,27). The first-order valence-corrected chi connectivity index (χ1v) is 10.5. The van der Waals surface area contributed by atoms with Crippen molar-refractivity contribution >= 4 is 11.8 Å². The van der Waals surface area contributed by atoms with Crippen molar-refractivity contribution in [2.45, 2.75) is 39.7 Å². The summed E-state index contributed by atoms with van der Waals surface area (Å²) in [5.74, 6) is 1.34. The Morgan fingerprint density at radius 1 is 0.967 bits per heavy atom. The fourth-order valence-corrected chi connectivity index (χ4v) is 3.49. The number of nitrogens with one attached hydrogen (secondary N) is 1. The van der Waals surface area contributed by atoms with Gasteiger partial charge in [-0.05, 0) is 81.1 Å². The first-order valence-electron chi connectivity index (χ1n) is 10.5. The van der Waals surface area contributed by atoms with E-state index in [4.69, 9.17) is 9.47 Å². The number of benzene rings is 2. The van der Waals surface area contributed by atoms with Crippen LogP contribution in [0.1, 0.15) is 41.3 Å². The summed E-state index contributed by atoms with van der Waals surface area (Å²) in [6.45, 7) is 7.82. The number of likely N-dealkylation sites (tertiary alicyclic amines) is 1. The van der Waals surface area contributed by atoms with Crippen LogP contribution >= 0.6 is 0 Å². The molecule has 6 heteroatoms.